The standard InChI is InChI=1S/C12H16INS2/c1-4-12(2,13)16-11(15)14(3)10-8-6-5-7-9-10/h5-9H,4H2,1-3H3. The third-order valence-electron chi connectivity index (χ3n) is 2.35. The van der Waals surface area contributed by atoms with E-state index in [2.05, 4.69) is 53.5 Å². The van der Waals surface area contributed by atoms with Crippen LogP contribution in [0.1, 0.15) is 20.3 Å². The van der Waals surface area contributed by atoms with Gasteiger partial charge in [0.15, 0.2) is 0 Å². The lowest BCUT2D eigenvalue weighted by Gasteiger charge is -2.26. The molecule has 88 valence electrons. The zero-order valence-electron chi connectivity index (χ0n) is 9.74. The molecular weight excluding hydrogens is 349 g/mol. The van der Waals surface area contributed by atoms with Crippen LogP contribution in [0, 0.1) is 0 Å². The maximum atomic E-state index is 5.46. The number of thioether (sulfide) groups is 1. The number of para-hydroxylation sites is 1. The van der Waals surface area contributed by atoms with E-state index in [-0.39, 0.29) is 2.75 Å². The highest BCUT2D eigenvalue weighted by atomic mass is 127. The number of hydrogen-bond acceptors (Lipinski definition) is 2. The Morgan fingerprint density at radius 1 is 1.44 bits per heavy atom. The summed E-state index contributed by atoms with van der Waals surface area (Å²) < 4.78 is 1.10. The topological polar surface area (TPSA) is 3.24 Å². The summed E-state index contributed by atoms with van der Waals surface area (Å²) in [4.78, 5) is 2.06. The monoisotopic (exact) mass is 365 g/mol. The lowest BCUT2D eigenvalue weighted by molar-refractivity contribution is 0.884. The van der Waals surface area contributed by atoms with Gasteiger partial charge in [-0.15, -0.1) is 0 Å². The van der Waals surface area contributed by atoms with Gasteiger partial charge in [-0.2, -0.15) is 0 Å². The fraction of sp³-hybridized carbons (Fsp3) is 0.417. The van der Waals surface area contributed by atoms with Crippen molar-refractivity contribution in [2.45, 2.75) is 23.0 Å². The summed E-state index contributed by atoms with van der Waals surface area (Å²) in [6, 6.07) is 10.2. The van der Waals surface area contributed by atoms with Gasteiger partial charge in [0.05, 0.1) is 2.75 Å². The van der Waals surface area contributed by atoms with E-state index in [4.69, 9.17) is 12.2 Å². The summed E-state index contributed by atoms with van der Waals surface area (Å²) >= 11 is 9.66. The van der Waals surface area contributed by atoms with E-state index in [1.807, 2.05) is 25.2 Å². The van der Waals surface area contributed by atoms with Gasteiger partial charge >= 0.3 is 0 Å². The Morgan fingerprint density at radius 3 is 2.50 bits per heavy atom. The second-order valence-electron chi connectivity index (χ2n) is 3.72. The number of halogens is 1. The smallest absolute Gasteiger partial charge is 0.141 e. The quantitative estimate of drug-likeness (QED) is 0.434. The van der Waals surface area contributed by atoms with Crippen LogP contribution < -0.4 is 4.90 Å². The Hall–Kier alpha value is 0.190. The van der Waals surface area contributed by atoms with Gasteiger partial charge in [-0.1, -0.05) is 71.7 Å². The highest BCUT2D eigenvalue weighted by Gasteiger charge is 2.22. The number of hydrogen-bond donors (Lipinski definition) is 0. The molecule has 0 radical (unpaired) electrons. The first-order valence-corrected chi connectivity index (χ1v) is 7.47. The van der Waals surface area contributed by atoms with E-state index in [1.165, 1.54) is 0 Å². The van der Waals surface area contributed by atoms with E-state index >= 15 is 0 Å². The molecule has 1 aromatic carbocycles. The molecule has 0 N–H and O–H groups in total. The molecule has 0 aliphatic rings. The SMILES string of the molecule is CCC(C)(I)SC(=S)N(C)c1ccccc1. The van der Waals surface area contributed by atoms with Crippen molar-refractivity contribution in [2.75, 3.05) is 11.9 Å². The molecule has 0 heterocycles. The number of nitrogens with zero attached hydrogens (tertiary/aromatic N) is 1. The van der Waals surface area contributed by atoms with Crippen LogP contribution >= 0.6 is 46.6 Å². The molecule has 0 saturated carbocycles. The van der Waals surface area contributed by atoms with Crippen LogP contribution in [0.2, 0.25) is 0 Å². The lowest BCUT2D eigenvalue weighted by Crippen LogP contribution is -2.25. The van der Waals surface area contributed by atoms with Crippen LogP contribution in [0.15, 0.2) is 30.3 Å². The molecule has 0 aromatic heterocycles. The van der Waals surface area contributed by atoms with Crippen molar-refractivity contribution in [3.63, 3.8) is 0 Å². The van der Waals surface area contributed by atoms with E-state index < -0.39 is 0 Å². The molecule has 0 amide bonds. The van der Waals surface area contributed by atoms with Crippen molar-refractivity contribution >= 4 is 56.6 Å². The maximum absolute atomic E-state index is 5.46. The van der Waals surface area contributed by atoms with Gasteiger partial charge in [-0.05, 0) is 25.5 Å². The van der Waals surface area contributed by atoms with Crippen LogP contribution in [-0.2, 0) is 0 Å². The number of thiocarbonyl (C=S) groups is 1. The number of anilines is 1. The maximum Gasteiger partial charge on any atom is 0.141 e. The van der Waals surface area contributed by atoms with Crippen LogP contribution in [-0.4, -0.2) is 14.1 Å². The summed E-state index contributed by atoms with van der Waals surface area (Å²) in [5, 5.41) is 0. The molecule has 16 heavy (non-hydrogen) atoms. The molecule has 4 heteroatoms. The highest BCUT2D eigenvalue weighted by Crippen LogP contribution is 2.37. The molecule has 0 aliphatic carbocycles. The first-order valence-electron chi connectivity index (χ1n) is 5.17. The summed E-state index contributed by atoms with van der Waals surface area (Å²) in [6.07, 6.45) is 1.10. The minimum absolute atomic E-state index is 0.178. The van der Waals surface area contributed by atoms with Crippen molar-refractivity contribution in [2.24, 2.45) is 0 Å². The first kappa shape index (κ1) is 14.3. The van der Waals surface area contributed by atoms with Crippen LogP contribution in [0.5, 0.6) is 0 Å². The molecule has 0 saturated heterocycles. The van der Waals surface area contributed by atoms with Gasteiger partial charge in [0, 0.05) is 12.7 Å². The fourth-order valence-corrected chi connectivity index (χ4v) is 3.56. The summed E-state index contributed by atoms with van der Waals surface area (Å²) in [7, 11) is 2.02. The number of rotatable bonds is 3. The van der Waals surface area contributed by atoms with Gasteiger partial charge in [-0.3, -0.25) is 0 Å². The average Bonchev–Trinajstić information content (AvgIpc) is 2.28. The minimum Gasteiger partial charge on any atom is -0.330 e. The predicted octanol–water partition coefficient (Wildman–Crippen LogP) is 4.70. The molecule has 1 aromatic rings. The number of benzene rings is 1. The van der Waals surface area contributed by atoms with E-state index in [0.29, 0.717) is 0 Å². The highest BCUT2D eigenvalue weighted by molar-refractivity contribution is 14.1. The third-order valence-corrected chi connectivity index (χ3v) is 5.46. The first-order chi connectivity index (χ1) is 7.46. The molecule has 0 bridgehead atoms. The van der Waals surface area contributed by atoms with Gasteiger partial charge < -0.3 is 4.90 Å². The van der Waals surface area contributed by atoms with Crippen LogP contribution in [0.4, 0.5) is 5.69 Å². The summed E-state index contributed by atoms with van der Waals surface area (Å²) in [5.74, 6) is 0. The van der Waals surface area contributed by atoms with Crippen molar-refractivity contribution in [1.82, 2.24) is 0 Å². The zero-order chi connectivity index (χ0) is 12.2. The second-order valence-corrected chi connectivity index (χ2v) is 8.97. The Morgan fingerprint density at radius 2 is 2.00 bits per heavy atom. The van der Waals surface area contributed by atoms with Crippen molar-refractivity contribution in [1.29, 1.82) is 0 Å². The summed E-state index contributed by atoms with van der Waals surface area (Å²) in [6.45, 7) is 4.40. The largest absolute Gasteiger partial charge is 0.330 e. The molecule has 0 fully saturated rings. The molecule has 1 atom stereocenters. The van der Waals surface area contributed by atoms with Crippen LogP contribution in [0.3, 0.4) is 0 Å². The second kappa shape index (κ2) is 6.21. The predicted molar refractivity (Wildman–Crippen MR) is 87.8 cm³/mol. The Labute approximate surface area is 121 Å². The molecule has 0 aliphatic heterocycles. The Balaban J connectivity index is 2.69. The molecule has 1 rings (SSSR count). The molecule has 0 spiro atoms. The van der Waals surface area contributed by atoms with Crippen molar-refractivity contribution in [3.05, 3.63) is 30.3 Å². The van der Waals surface area contributed by atoms with Gasteiger partial charge in [0.1, 0.15) is 4.32 Å². The Kier molecular flexibility index (Phi) is 5.53. The Bertz CT molecular complexity index is 351. The van der Waals surface area contributed by atoms with Crippen LogP contribution in [0.25, 0.3) is 0 Å². The average molecular weight is 365 g/mol. The lowest BCUT2D eigenvalue weighted by atomic mass is 10.3. The van der Waals surface area contributed by atoms with E-state index in [1.54, 1.807) is 11.8 Å². The van der Waals surface area contributed by atoms with Crippen molar-refractivity contribution in [3.8, 4) is 0 Å². The zero-order valence-corrected chi connectivity index (χ0v) is 13.5. The fourth-order valence-electron chi connectivity index (χ4n) is 1.08. The van der Waals surface area contributed by atoms with Gasteiger partial charge in [0.25, 0.3) is 0 Å². The van der Waals surface area contributed by atoms with Gasteiger partial charge in [-0.25, -0.2) is 0 Å². The van der Waals surface area contributed by atoms with Gasteiger partial charge in [0.2, 0.25) is 0 Å². The van der Waals surface area contributed by atoms with E-state index in [9.17, 15) is 0 Å². The van der Waals surface area contributed by atoms with E-state index in [0.717, 1.165) is 16.4 Å². The molecule has 1 unspecified atom stereocenters. The third kappa shape index (κ3) is 4.22. The molecular formula is C12H16INS2. The minimum atomic E-state index is 0.178. The number of alkyl halides is 1. The normalized spacial score (nSPS) is 14.2. The van der Waals surface area contributed by atoms with Crippen molar-refractivity contribution < 1.29 is 0 Å². The summed E-state index contributed by atoms with van der Waals surface area (Å²) in [5.41, 5.74) is 1.14. The molecule has 1 nitrogen and oxygen atoms in total.